The van der Waals surface area contributed by atoms with Gasteiger partial charge in [-0.05, 0) is 43.5 Å². The van der Waals surface area contributed by atoms with Crippen molar-refractivity contribution in [3.05, 3.63) is 33.8 Å². The molecular formula is C14H20Cl2N2O2. The maximum Gasteiger partial charge on any atom is 0.314 e. The minimum absolute atomic E-state index is 0.172. The van der Waals surface area contributed by atoms with E-state index in [1.165, 1.54) is 0 Å². The lowest BCUT2D eigenvalue weighted by Crippen LogP contribution is -2.37. The van der Waals surface area contributed by atoms with Crippen molar-refractivity contribution < 1.29 is 9.53 Å². The molecule has 4 nitrogen and oxygen atoms in total. The van der Waals surface area contributed by atoms with Gasteiger partial charge in [0.2, 0.25) is 0 Å². The maximum absolute atomic E-state index is 11.5. The number of carbonyl (C=O) groups is 1. The van der Waals surface area contributed by atoms with Gasteiger partial charge in [0, 0.05) is 36.3 Å². The van der Waals surface area contributed by atoms with E-state index in [1.807, 2.05) is 19.1 Å². The molecule has 20 heavy (non-hydrogen) atoms. The summed E-state index contributed by atoms with van der Waals surface area (Å²) in [6, 6.07) is 5.20. The summed E-state index contributed by atoms with van der Waals surface area (Å²) >= 11 is 11.8. The Labute approximate surface area is 129 Å². The molecule has 1 aromatic rings. The molecule has 0 aromatic heterocycles. The fourth-order valence-corrected chi connectivity index (χ4v) is 2.23. The summed E-state index contributed by atoms with van der Waals surface area (Å²) in [6.45, 7) is 4.46. The van der Waals surface area contributed by atoms with Gasteiger partial charge in [0.15, 0.2) is 0 Å². The van der Waals surface area contributed by atoms with Gasteiger partial charge in [-0.2, -0.15) is 0 Å². The molecule has 0 spiro atoms. The van der Waals surface area contributed by atoms with Crippen LogP contribution in [0.2, 0.25) is 10.0 Å². The van der Waals surface area contributed by atoms with Crippen LogP contribution in [0.3, 0.4) is 0 Å². The van der Waals surface area contributed by atoms with Crippen LogP contribution in [0.1, 0.15) is 18.9 Å². The van der Waals surface area contributed by atoms with E-state index in [0.29, 0.717) is 42.8 Å². The standard InChI is InChI=1S/C14H20Cl2N2O2/c1-2-20-7-3-5-17-14(19)18-6-4-11-8-12(15)10-13(16)9-11/h8-10H,2-7H2,1H3,(H2,17,18,19). The largest absolute Gasteiger partial charge is 0.382 e. The Bertz CT molecular complexity index is 407. The second kappa shape index (κ2) is 9.86. The van der Waals surface area contributed by atoms with E-state index < -0.39 is 0 Å². The molecule has 0 heterocycles. The highest BCUT2D eigenvalue weighted by Gasteiger charge is 2.01. The average molecular weight is 319 g/mol. The van der Waals surface area contributed by atoms with E-state index in [-0.39, 0.29) is 6.03 Å². The van der Waals surface area contributed by atoms with Crippen LogP contribution in [-0.4, -0.2) is 32.3 Å². The van der Waals surface area contributed by atoms with Gasteiger partial charge in [0.05, 0.1) is 0 Å². The summed E-state index contributed by atoms with van der Waals surface area (Å²) < 4.78 is 5.18. The number of hydrogen-bond donors (Lipinski definition) is 2. The van der Waals surface area contributed by atoms with E-state index in [2.05, 4.69) is 10.6 Å². The SMILES string of the molecule is CCOCCCNC(=O)NCCc1cc(Cl)cc(Cl)c1. The van der Waals surface area contributed by atoms with Crippen LogP contribution in [0.5, 0.6) is 0 Å². The number of hydrogen-bond acceptors (Lipinski definition) is 2. The summed E-state index contributed by atoms with van der Waals surface area (Å²) in [4.78, 5) is 11.5. The average Bonchev–Trinajstić information content (AvgIpc) is 2.37. The first kappa shape index (κ1) is 17.1. The Balaban J connectivity index is 2.15. The lowest BCUT2D eigenvalue weighted by atomic mass is 10.1. The van der Waals surface area contributed by atoms with Crippen LogP contribution in [0.4, 0.5) is 4.79 Å². The van der Waals surface area contributed by atoms with Crippen LogP contribution >= 0.6 is 23.2 Å². The second-order valence-corrected chi connectivity index (χ2v) is 5.13. The molecule has 0 saturated heterocycles. The quantitative estimate of drug-likeness (QED) is 0.723. The first-order valence-electron chi connectivity index (χ1n) is 6.66. The minimum atomic E-state index is -0.172. The minimum Gasteiger partial charge on any atom is -0.382 e. The van der Waals surface area contributed by atoms with Gasteiger partial charge >= 0.3 is 6.03 Å². The van der Waals surface area contributed by atoms with Gasteiger partial charge < -0.3 is 15.4 Å². The number of carbonyl (C=O) groups excluding carboxylic acids is 1. The number of amides is 2. The third-order valence-corrected chi connectivity index (χ3v) is 3.01. The molecule has 0 aliphatic rings. The highest BCUT2D eigenvalue weighted by molar-refractivity contribution is 6.34. The highest BCUT2D eigenvalue weighted by atomic mass is 35.5. The fourth-order valence-electron chi connectivity index (χ4n) is 1.66. The number of halogens is 2. The monoisotopic (exact) mass is 318 g/mol. The van der Waals surface area contributed by atoms with Crippen molar-refractivity contribution >= 4 is 29.2 Å². The van der Waals surface area contributed by atoms with Crippen LogP contribution in [0.15, 0.2) is 18.2 Å². The third-order valence-electron chi connectivity index (χ3n) is 2.58. The maximum atomic E-state index is 11.5. The number of benzene rings is 1. The first-order valence-corrected chi connectivity index (χ1v) is 7.42. The van der Waals surface area contributed by atoms with Crippen molar-refractivity contribution in [2.24, 2.45) is 0 Å². The van der Waals surface area contributed by atoms with Crippen molar-refractivity contribution in [2.45, 2.75) is 19.8 Å². The van der Waals surface area contributed by atoms with Crippen molar-refractivity contribution in [1.82, 2.24) is 10.6 Å². The van der Waals surface area contributed by atoms with Crippen molar-refractivity contribution in [3.63, 3.8) is 0 Å². The summed E-state index contributed by atoms with van der Waals surface area (Å²) in [7, 11) is 0. The van der Waals surface area contributed by atoms with Crippen LogP contribution in [0.25, 0.3) is 0 Å². The molecule has 0 aliphatic heterocycles. The van der Waals surface area contributed by atoms with E-state index >= 15 is 0 Å². The zero-order valence-corrected chi connectivity index (χ0v) is 13.1. The van der Waals surface area contributed by atoms with Crippen LogP contribution < -0.4 is 10.6 Å². The molecule has 0 unspecified atom stereocenters. The molecule has 0 bridgehead atoms. The Morgan fingerprint density at radius 3 is 2.45 bits per heavy atom. The number of nitrogens with one attached hydrogen (secondary N) is 2. The molecule has 0 aliphatic carbocycles. The Morgan fingerprint density at radius 1 is 1.15 bits per heavy atom. The van der Waals surface area contributed by atoms with E-state index in [9.17, 15) is 4.79 Å². The summed E-state index contributed by atoms with van der Waals surface area (Å²) in [5.74, 6) is 0. The zero-order chi connectivity index (χ0) is 14.8. The Hall–Kier alpha value is -0.970. The first-order chi connectivity index (χ1) is 9.61. The smallest absolute Gasteiger partial charge is 0.314 e. The second-order valence-electron chi connectivity index (χ2n) is 4.26. The third kappa shape index (κ3) is 7.58. The molecule has 0 radical (unpaired) electrons. The highest BCUT2D eigenvalue weighted by Crippen LogP contribution is 2.19. The lowest BCUT2D eigenvalue weighted by Gasteiger charge is -2.08. The molecular weight excluding hydrogens is 299 g/mol. The molecule has 1 rings (SSSR count). The predicted molar refractivity (Wildman–Crippen MR) is 82.7 cm³/mol. The van der Waals surface area contributed by atoms with Gasteiger partial charge in [-0.1, -0.05) is 23.2 Å². The molecule has 112 valence electrons. The van der Waals surface area contributed by atoms with Gasteiger partial charge in [-0.25, -0.2) is 4.79 Å². The van der Waals surface area contributed by atoms with E-state index in [0.717, 1.165) is 12.0 Å². The van der Waals surface area contributed by atoms with Crippen LogP contribution in [0, 0.1) is 0 Å². The van der Waals surface area contributed by atoms with Crippen LogP contribution in [-0.2, 0) is 11.2 Å². The lowest BCUT2D eigenvalue weighted by molar-refractivity contribution is 0.145. The van der Waals surface area contributed by atoms with Gasteiger partial charge in [-0.3, -0.25) is 0 Å². The number of urea groups is 1. The molecule has 1 aromatic carbocycles. The molecule has 6 heteroatoms. The topological polar surface area (TPSA) is 50.4 Å². The molecule has 2 N–H and O–H groups in total. The Kier molecular flexibility index (Phi) is 8.42. The van der Waals surface area contributed by atoms with Gasteiger partial charge in [0.1, 0.15) is 0 Å². The molecule has 0 atom stereocenters. The van der Waals surface area contributed by atoms with Gasteiger partial charge in [0.25, 0.3) is 0 Å². The summed E-state index contributed by atoms with van der Waals surface area (Å²) in [6.07, 6.45) is 1.50. The number of ether oxygens (including phenoxy) is 1. The van der Waals surface area contributed by atoms with E-state index in [1.54, 1.807) is 6.07 Å². The van der Waals surface area contributed by atoms with Crippen molar-refractivity contribution in [2.75, 3.05) is 26.3 Å². The Morgan fingerprint density at radius 2 is 1.80 bits per heavy atom. The number of rotatable bonds is 8. The normalized spacial score (nSPS) is 10.3. The molecule has 0 saturated carbocycles. The van der Waals surface area contributed by atoms with E-state index in [4.69, 9.17) is 27.9 Å². The summed E-state index contributed by atoms with van der Waals surface area (Å²) in [5, 5.41) is 6.76. The van der Waals surface area contributed by atoms with Crippen molar-refractivity contribution in [1.29, 1.82) is 0 Å². The fraction of sp³-hybridized carbons (Fsp3) is 0.500. The zero-order valence-electron chi connectivity index (χ0n) is 11.5. The summed E-state index contributed by atoms with van der Waals surface area (Å²) in [5.41, 5.74) is 0.999. The molecule has 0 fully saturated rings. The van der Waals surface area contributed by atoms with Gasteiger partial charge in [-0.15, -0.1) is 0 Å². The predicted octanol–water partition coefficient (Wildman–Crippen LogP) is 3.26. The molecule has 2 amide bonds. The van der Waals surface area contributed by atoms with Crippen molar-refractivity contribution in [3.8, 4) is 0 Å².